The molecular formula is C16H17NO2S. The largest absolute Gasteiger partial charge is 0.477 e. The van der Waals surface area contributed by atoms with E-state index in [1.54, 1.807) is 6.07 Å². The molecule has 20 heavy (non-hydrogen) atoms. The molecule has 2 heterocycles. The zero-order valence-corrected chi connectivity index (χ0v) is 12.2. The molecule has 3 nitrogen and oxygen atoms in total. The van der Waals surface area contributed by atoms with Crippen molar-refractivity contribution >= 4 is 23.0 Å². The van der Waals surface area contributed by atoms with Crippen LogP contribution in [-0.4, -0.2) is 17.6 Å². The first-order chi connectivity index (χ1) is 9.63. The van der Waals surface area contributed by atoms with E-state index in [-0.39, 0.29) is 0 Å². The van der Waals surface area contributed by atoms with E-state index in [1.165, 1.54) is 28.2 Å². The number of carbonyl (C=O) groups is 1. The summed E-state index contributed by atoms with van der Waals surface area (Å²) in [5, 5.41) is 8.99. The Morgan fingerprint density at radius 2 is 2.20 bits per heavy atom. The van der Waals surface area contributed by atoms with Crippen molar-refractivity contribution in [3.05, 3.63) is 51.2 Å². The fraction of sp³-hybridized carbons (Fsp3) is 0.312. The molecule has 0 bridgehead atoms. The van der Waals surface area contributed by atoms with Crippen molar-refractivity contribution in [3.63, 3.8) is 0 Å². The van der Waals surface area contributed by atoms with Crippen molar-refractivity contribution in [2.75, 3.05) is 11.4 Å². The number of carboxylic acids is 1. The van der Waals surface area contributed by atoms with Crippen molar-refractivity contribution in [2.24, 2.45) is 0 Å². The topological polar surface area (TPSA) is 40.5 Å². The highest BCUT2D eigenvalue weighted by Crippen LogP contribution is 2.30. The average molecular weight is 287 g/mol. The van der Waals surface area contributed by atoms with E-state index in [2.05, 4.69) is 30.0 Å². The molecule has 0 aliphatic carbocycles. The standard InChI is InChI=1S/C16H17NO2S/c1-11-4-6-14-12(9-11)3-2-8-17(14)10-13-5-7-15(20-13)16(18)19/h4-7,9H,2-3,8,10H2,1H3,(H,18,19). The van der Waals surface area contributed by atoms with E-state index in [9.17, 15) is 4.79 Å². The second kappa shape index (κ2) is 5.29. The maximum atomic E-state index is 10.9. The summed E-state index contributed by atoms with van der Waals surface area (Å²) in [5.74, 6) is -0.837. The zero-order chi connectivity index (χ0) is 14.1. The van der Waals surface area contributed by atoms with Crippen molar-refractivity contribution < 1.29 is 9.90 Å². The van der Waals surface area contributed by atoms with E-state index < -0.39 is 5.97 Å². The van der Waals surface area contributed by atoms with Crippen LogP contribution in [0.25, 0.3) is 0 Å². The van der Waals surface area contributed by atoms with Gasteiger partial charge in [0.15, 0.2) is 0 Å². The van der Waals surface area contributed by atoms with Crippen LogP contribution in [0.5, 0.6) is 0 Å². The Labute approximate surface area is 122 Å². The SMILES string of the molecule is Cc1ccc2c(c1)CCCN2Cc1ccc(C(=O)O)s1. The number of rotatable bonds is 3. The highest BCUT2D eigenvalue weighted by molar-refractivity contribution is 7.13. The molecule has 0 saturated heterocycles. The minimum atomic E-state index is -0.837. The smallest absolute Gasteiger partial charge is 0.345 e. The van der Waals surface area contributed by atoms with E-state index in [4.69, 9.17) is 5.11 Å². The number of fused-ring (bicyclic) bond motifs is 1. The van der Waals surface area contributed by atoms with Crippen LogP contribution in [0.15, 0.2) is 30.3 Å². The molecule has 1 aliphatic heterocycles. The Bertz CT molecular complexity index is 648. The van der Waals surface area contributed by atoms with E-state index in [1.807, 2.05) is 6.07 Å². The Balaban J connectivity index is 1.83. The van der Waals surface area contributed by atoms with Gasteiger partial charge in [-0.2, -0.15) is 0 Å². The maximum Gasteiger partial charge on any atom is 0.345 e. The monoisotopic (exact) mass is 287 g/mol. The number of anilines is 1. The first kappa shape index (κ1) is 13.2. The first-order valence-corrected chi connectivity index (χ1v) is 7.61. The molecule has 1 aromatic heterocycles. The molecular weight excluding hydrogens is 270 g/mol. The molecule has 104 valence electrons. The van der Waals surface area contributed by atoms with Gasteiger partial charge in [-0.15, -0.1) is 11.3 Å². The summed E-state index contributed by atoms with van der Waals surface area (Å²) < 4.78 is 0. The predicted octanol–water partition coefficient (Wildman–Crippen LogP) is 3.71. The number of aromatic carboxylic acids is 1. The van der Waals surface area contributed by atoms with Crippen molar-refractivity contribution in [3.8, 4) is 0 Å². The van der Waals surface area contributed by atoms with Gasteiger partial charge in [0.05, 0.1) is 6.54 Å². The van der Waals surface area contributed by atoms with E-state index >= 15 is 0 Å². The lowest BCUT2D eigenvalue weighted by molar-refractivity contribution is 0.0702. The summed E-state index contributed by atoms with van der Waals surface area (Å²) in [6.45, 7) is 3.96. The van der Waals surface area contributed by atoms with Crippen LogP contribution in [0, 0.1) is 6.92 Å². The summed E-state index contributed by atoms with van der Waals surface area (Å²) in [6, 6.07) is 10.2. The second-order valence-electron chi connectivity index (χ2n) is 5.23. The molecule has 3 rings (SSSR count). The van der Waals surface area contributed by atoms with Gasteiger partial charge in [0.2, 0.25) is 0 Å². The van der Waals surface area contributed by atoms with Gasteiger partial charge in [0.1, 0.15) is 4.88 Å². The summed E-state index contributed by atoms with van der Waals surface area (Å²) in [7, 11) is 0. The van der Waals surface area contributed by atoms with Crippen LogP contribution in [0.2, 0.25) is 0 Å². The average Bonchev–Trinajstić information content (AvgIpc) is 2.87. The van der Waals surface area contributed by atoms with Gasteiger partial charge < -0.3 is 10.0 Å². The molecule has 0 amide bonds. The Hall–Kier alpha value is -1.81. The lowest BCUT2D eigenvalue weighted by atomic mass is 9.99. The van der Waals surface area contributed by atoms with Gasteiger partial charge in [0, 0.05) is 17.1 Å². The van der Waals surface area contributed by atoms with E-state index in [0.717, 1.165) is 30.8 Å². The molecule has 0 unspecified atom stereocenters. The van der Waals surface area contributed by atoms with Gasteiger partial charge in [0.25, 0.3) is 0 Å². The van der Waals surface area contributed by atoms with Crippen LogP contribution in [0.3, 0.4) is 0 Å². The molecule has 1 N–H and O–H groups in total. The second-order valence-corrected chi connectivity index (χ2v) is 6.40. The number of hydrogen-bond donors (Lipinski definition) is 1. The van der Waals surface area contributed by atoms with Crippen molar-refractivity contribution in [1.82, 2.24) is 0 Å². The van der Waals surface area contributed by atoms with Gasteiger partial charge in [-0.05, 0) is 43.5 Å². The minimum Gasteiger partial charge on any atom is -0.477 e. The Kier molecular flexibility index (Phi) is 3.49. The first-order valence-electron chi connectivity index (χ1n) is 6.80. The van der Waals surface area contributed by atoms with Crippen LogP contribution in [0.4, 0.5) is 5.69 Å². The molecule has 1 aromatic carbocycles. The van der Waals surface area contributed by atoms with Crippen molar-refractivity contribution in [2.45, 2.75) is 26.3 Å². The molecule has 0 radical (unpaired) electrons. The van der Waals surface area contributed by atoms with Crippen LogP contribution in [-0.2, 0) is 13.0 Å². The highest BCUT2D eigenvalue weighted by atomic mass is 32.1. The Morgan fingerprint density at radius 1 is 1.35 bits per heavy atom. The summed E-state index contributed by atoms with van der Waals surface area (Å²) in [5.41, 5.74) is 4.01. The third-order valence-corrected chi connectivity index (χ3v) is 4.73. The highest BCUT2D eigenvalue weighted by Gasteiger charge is 2.18. The number of hydrogen-bond acceptors (Lipinski definition) is 3. The van der Waals surface area contributed by atoms with E-state index in [0.29, 0.717) is 4.88 Å². The molecule has 0 atom stereocenters. The number of thiophene rings is 1. The lowest BCUT2D eigenvalue weighted by Gasteiger charge is -2.31. The predicted molar refractivity (Wildman–Crippen MR) is 81.8 cm³/mol. The molecule has 2 aromatic rings. The van der Waals surface area contributed by atoms with Gasteiger partial charge in [-0.25, -0.2) is 4.79 Å². The molecule has 0 fully saturated rings. The van der Waals surface area contributed by atoms with Gasteiger partial charge in [-0.1, -0.05) is 17.7 Å². The lowest BCUT2D eigenvalue weighted by Crippen LogP contribution is -2.28. The zero-order valence-electron chi connectivity index (χ0n) is 11.4. The van der Waals surface area contributed by atoms with Gasteiger partial charge in [-0.3, -0.25) is 0 Å². The summed E-state index contributed by atoms with van der Waals surface area (Å²) in [6.07, 6.45) is 2.30. The quantitative estimate of drug-likeness (QED) is 0.935. The van der Waals surface area contributed by atoms with Crippen LogP contribution in [0.1, 0.15) is 32.1 Å². The normalized spacial score (nSPS) is 14.2. The summed E-state index contributed by atoms with van der Waals surface area (Å²) in [4.78, 5) is 14.8. The summed E-state index contributed by atoms with van der Waals surface area (Å²) >= 11 is 1.37. The third kappa shape index (κ3) is 2.56. The van der Waals surface area contributed by atoms with Crippen molar-refractivity contribution in [1.29, 1.82) is 0 Å². The maximum absolute atomic E-state index is 10.9. The molecule has 1 aliphatic rings. The van der Waals surface area contributed by atoms with Crippen LogP contribution >= 0.6 is 11.3 Å². The van der Waals surface area contributed by atoms with Gasteiger partial charge >= 0.3 is 5.97 Å². The fourth-order valence-electron chi connectivity index (χ4n) is 2.73. The Morgan fingerprint density at radius 3 is 2.95 bits per heavy atom. The number of carboxylic acid groups (broad SMARTS) is 1. The number of aryl methyl sites for hydroxylation is 2. The molecule has 0 spiro atoms. The molecule has 4 heteroatoms. The number of nitrogens with zero attached hydrogens (tertiary/aromatic N) is 1. The molecule has 0 saturated carbocycles. The van der Waals surface area contributed by atoms with Crippen LogP contribution < -0.4 is 4.90 Å². The third-order valence-electron chi connectivity index (χ3n) is 3.67. The number of benzene rings is 1. The fourth-order valence-corrected chi connectivity index (χ4v) is 3.60. The minimum absolute atomic E-state index is 0.418.